The highest BCUT2D eigenvalue weighted by Gasteiger charge is 2.23. The average molecular weight is 542 g/mol. The summed E-state index contributed by atoms with van der Waals surface area (Å²) in [6.07, 6.45) is 6.37. The molecule has 0 saturated heterocycles. The number of hydrogen-bond acceptors (Lipinski definition) is 9. The summed E-state index contributed by atoms with van der Waals surface area (Å²) in [4.78, 5) is 39.7. The number of rotatable bonds is 8. The number of ether oxygens (including phenoxy) is 1. The van der Waals surface area contributed by atoms with E-state index in [2.05, 4.69) is 25.4 Å². The van der Waals surface area contributed by atoms with Gasteiger partial charge in [-0.15, -0.1) is 0 Å². The fourth-order valence-corrected chi connectivity index (χ4v) is 4.25. The summed E-state index contributed by atoms with van der Waals surface area (Å²) in [5.74, 6) is 0.220. The molecule has 0 atom stereocenters. The van der Waals surface area contributed by atoms with Crippen LogP contribution in [0.1, 0.15) is 16.1 Å². The summed E-state index contributed by atoms with van der Waals surface area (Å²) < 4.78 is 9.90. The third-order valence-electron chi connectivity index (χ3n) is 6.40. The van der Waals surface area contributed by atoms with Crippen LogP contribution < -0.4 is 21.3 Å². The van der Waals surface area contributed by atoms with E-state index in [9.17, 15) is 9.59 Å². The van der Waals surface area contributed by atoms with Gasteiger partial charge in [-0.3, -0.25) is 23.9 Å². The Morgan fingerprint density at radius 1 is 1.12 bits per heavy atom. The molecule has 0 bridgehead atoms. The first-order valence-corrected chi connectivity index (χ1v) is 12.3. The lowest BCUT2D eigenvalue weighted by atomic mass is 10.2. The van der Waals surface area contributed by atoms with Gasteiger partial charge in [-0.2, -0.15) is 5.10 Å². The van der Waals surface area contributed by atoms with Crippen LogP contribution in [0.2, 0.25) is 0 Å². The van der Waals surface area contributed by atoms with E-state index in [-0.39, 0.29) is 18.0 Å². The largest absolute Gasteiger partial charge is 0.497 e. The van der Waals surface area contributed by atoms with Crippen LogP contribution >= 0.6 is 0 Å². The fourth-order valence-electron chi connectivity index (χ4n) is 4.25. The Morgan fingerprint density at radius 2 is 1.95 bits per heavy atom. The van der Waals surface area contributed by atoms with Crippen LogP contribution in [0, 0.1) is 6.92 Å². The van der Waals surface area contributed by atoms with Crippen molar-refractivity contribution >= 4 is 17.4 Å². The SMILES string of the molecule is COc1cccc(-n2c(=O)c(C(=O)Nc3ccc(-c4nc(-c5cnn(CCO)c5)cnc4N)nc3)c(C)n2C)c1. The van der Waals surface area contributed by atoms with Gasteiger partial charge in [-0.25, -0.2) is 14.6 Å². The number of nitrogens with two attached hydrogens (primary N) is 1. The van der Waals surface area contributed by atoms with Gasteiger partial charge in [0.15, 0.2) is 5.82 Å². The molecular formula is C27H27N9O4. The predicted octanol–water partition coefficient (Wildman–Crippen LogP) is 2.04. The molecule has 40 heavy (non-hydrogen) atoms. The molecule has 4 heterocycles. The fraction of sp³-hybridized carbons (Fsp3) is 0.185. The molecule has 1 amide bonds. The second kappa shape index (κ2) is 10.8. The van der Waals surface area contributed by atoms with Gasteiger partial charge >= 0.3 is 0 Å². The number of aliphatic hydroxyl groups is 1. The van der Waals surface area contributed by atoms with Gasteiger partial charge in [0.1, 0.15) is 17.0 Å². The Hall–Kier alpha value is -5.30. The number of nitrogen functional groups attached to an aromatic ring is 1. The Morgan fingerprint density at radius 3 is 2.67 bits per heavy atom. The first-order valence-electron chi connectivity index (χ1n) is 12.3. The molecule has 0 fully saturated rings. The van der Waals surface area contributed by atoms with E-state index in [0.29, 0.717) is 52.0 Å². The van der Waals surface area contributed by atoms with Crippen molar-refractivity contribution < 1.29 is 14.6 Å². The van der Waals surface area contributed by atoms with E-state index < -0.39 is 11.5 Å². The van der Waals surface area contributed by atoms with E-state index in [1.807, 2.05) is 0 Å². The molecular weight excluding hydrogens is 514 g/mol. The molecule has 4 N–H and O–H groups in total. The number of pyridine rings is 1. The zero-order valence-corrected chi connectivity index (χ0v) is 22.1. The zero-order chi connectivity index (χ0) is 28.4. The van der Waals surface area contributed by atoms with Crippen molar-refractivity contribution in [2.75, 3.05) is 24.8 Å². The highest BCUT2D eigenvalue weighted by molar-refractivity contribution is 6.04. The standard InChI is InChI=1S/C27H27N9O4/c1-16-23(27(39)36(34(16)2)19-5-4-6-20(11-19)40-3)26(38)32-18-7-8-21(29-13-18)24-25(28)30-14-22(33-24)17-12-31-35(15-17)9-10-37/h4-8,11-15,37H,9-10H2,1-3H3,(H2,28,30)(H,32,38). The Balaban J connectivity index is 1.39. The minimum absolute atomic E-state index is 0.0129. The number of aliphatic hydroxyl groups excluding tert-OH is 1. The van der Waals surface area contributed by atoms with E-state index in [1.54, 1.807) is 79.2 Å². The van der Waals surface area contributed by atoms with Crippen molar-refractivity contribution in [1.82, 2.24) is 34.1 Å². The number of nitrogens with one attached hydrogen (secondary N) is 1. The van der Waals surface area contributed by atoms with Gasteiger partial charge in [-0.1, -0.05) is 6.07 Å². The lowest BCUT2D eigenvalue weighted by molar-refractivity contribution is 0.102. The Bertz CT molecular complexity index is 1750. The average Bonchev–Trinajstić information content (AvgIpc) is 3.51. The van der Waals surface area contributed by atoms with E-state index >= 15 is 0 Å². The Kier molecular flexibility index (Phi) is 7.12. The van der Waals surface area contributed by atoms with Crippen molar-refractivity contribution in [2.45, 2.75) is 13.5 Å². The highest BCUT2D eigenvalue weighted by Crippen LogP contribution is 2.25. The number of carbonyl (C=O) groups is 1. The van der Waals surface area contributed by atoms with Crippen LogP contribution in [0.15, 0.2) is 66.0 Å². The van der Waals surface area contributed by atoms with Crippen LogP contribution in [0.25, 0.3) is 28.3 Å². The number of aromatic nitrogens is 7. The second-order valence-electron chi connectivity index (χ2n) is 8.89. The molecule has 0 unspecified atom stereocenters. The molecule has 204 valence electrons. The van der Waals surface area contributed by atoms with Gasteiger partial charge in [0.05, 0.1) is 67.3 Å². The predicted molar refractivity (Wildman–Crippen MR) is 148 cm³/mol. The summed E-state index contributed by atoms with van der Waals surface area (Å²) in [6.45, 7) is 2.03. The minimum atomic E-state index is -0.560. The number of hydrogen-bond donors (Lipinski definition) is 3. The molecule has 0 spiro atoms. The maximum atomic E-state index is 13.3. The summed E-state index contributed by atoms with van der Waals surface area (Å²) in [5, 5.41) is 16.0. The molecule has 1 aromatic carbocycles. The number of carbonyl (C=O) groups excluding carboxylic acids is 1. The van der Waals surface area contributed by atoms with Gasteiger partial charge in [0, 0.05) is 24.9 Å². The second-order valence-corrected chi connectivity index (χ2v) is 8.89. The van der Waals surface area contributed by atoms with Gasteiger partial charge in [0.25, 0.3) is 11.5 Å². The number of benzene rings is 1. The number of methoxy groups -OCH3 is 1. The maximum absolute atomic E-state index is 13.3. The van der Waals surface area contributed by atoms with Crippen LogP contribution in [-0.2, 0) is 13.6 Å². The van der Waals surface area contributed by atoms with Crippen molar-refractivity contribution in [2.24, 2.45) is 7.05 Å². The van der Waals surface area contributed by atoms with Gasteiger partial charge < -0.3 is 20.9 Å². The molecule has 13 heteroatoms. The number of anilines is 2. The molecule has 5 aromatic rings. The molecule has 0 aliphatic carbocycles. The quantitative estimate of drug-likeness (QED) is 0.266. The topological polar surface area (TPSA) is 168 Å². The normalized spacial score (nSPS) is 11.0. The summed E-state index contributed by atoms with van der Waals surface area (Å²) in [6, 6.07) is 10.3. The van der Waals surface area contributed by atoms with Crippen molar-refractivity contribution in [1.29, 1.82) is 0 Å². The van der Waals surface area contributed by atoms with E-state index in [0.717, 1.165) is 0 Å². The van der Waals surface area contributed by atoms with Crippen LogP contribution in [0.4, 0.5) is 11.5 Å². The highest BCUT2D eigenvalue weighted by atomic mass is 16.5. The van der Waals surface area contributed by atoms with Crippen molar-refractivity contribution in [3.63, 3.8) is 0 Å². The van der Waals surface area contributed by atoms with Crippen LogP contribution in [0.3, 0.4) is 0 Å². The zero-order valence-electron chi connectivity index (χ0n) is 22.1. The first kappa shape index (κ1) is 26.3. The number of amides is 1. The summed E-state index contributed by atoms with van der Waals surface area (Å²) in [5.41, 5.74) is 9.15. The van der Waals surface area contributed by atoms with E-state index in [4.69, 9.17) is 15.6 Å². The van der Waals surface area contributed by atoms with Crippen molar-refractivity contribution in [3.8, 4) is 34.1 Å². The molecule has 0 aliphatic heterocycles. The minimum Gasteiger partial charge on any atom is -0.497 e. The number of nitrogens with zero attached hydrogens (tertiary/aromatic N) is 7. The van der Waals surface area contributed by atoms with E-state index in [1.165, 1.54) is 17.1 Å². The molecule has 5 rings (SSSR count). The maximum Gasteiger partial charge on any atom is 0.284 e. The Labute approximate surface area is 228 Å². The third-order valence-corrected chi connectivity index (χ3v) is 6.40. The van der Waals surface area contributed by atoms with Gasteiger partial charge in [-0.05, 0) is 31.2 Å². The van der Waals surface area contributed by atoms with Crippen molar-refractivity contribution in [3.05, 3.63) is 82.8 Å². The monoisotopic (exact) mass is 541 g/mol. The summed E-state index contributed by atoms with van der Waals surface area (Å²) in [7, 11) is 3.25. The molecule has 4 aromatic heterocycles. The third kappa shape index (κ3) is 4.92. The first-order chi connectivity index (χ1) is 19.3. The lowest BCUT2D eigenvalue weighted by Crippen LogP contribution is -2.25. The molecule has 0 radical (unpaired) electrons. The molecule has 0 saturated carbocycles. The molecule has 0 aliphatic rings. The summed E-state index contributed by atoms with van der Waals surface area (Å²) >= 11 is 0. The lowest BCUT2D eigenvalue weighted by Gasteiger charge is -2.09. The smallest absolute Gasteiger partial charge is 0.284 e. The molecule has 13 nitrogen and oxygen atoms in total. The van der Waals surface area contributed by atoms with Crippen LogP contribution in [0.5, 0.6) is 5.75 Å². The van der Waals surface area contributed by atoms with Crippen LogP contribution in [-0.4, -0.2) is 58.8 Å². The van der Waals surface area contributed by atoms with Gasteiger partial charge in [0.2, 0.25) is 0 Å².